The van der Waals surface area contributed by atoms with Gasteiger partial charge >= 0.3 is 10.6 Å². The van der Waals surface area contributed by atoms with E-state index in [9.17, 15) is 10.0 Å². The fraction of sp³-hybridized carbons (Fsp3) is 0.625. The molecule has 0 aliphatic carbocycles. The van der Waals surface area contributed by atoms with Crippen LogP contribution >= 0.6 is 15.9 Å². The zero-order chi connectivity index (χ0) is 16.6. The summed E-state index contributed by atoms with van der Waals surface area (Å²) in [5, 5.41) is 9.45. The number of rotatable bonds is 8. The molecule has 1 N–H and O–H groups in total. The number of pyridine rings is 1. The van der Waals surface area contributed by atoms with E-state index in [2.05, 4.69) is 15.9 Å². The van der Waals surface area contributed by atoms with Gasteiger partial charge in [-0.1, -0.05) is 0 Å². The zero-order valence-electron chi connectivity index (χ0n) is 13.5. The van der Waals surface area contributed by atoms with E-state index in [4.69, 9.17) is 9.47 Å². The summed E-state index contributed by atoms with van der Waals surface area (Å²) in [5.41, 5.74) is -0.430. The lowest BCUT2D eigenvalue weighted by Crippen LogP contribution is -2.31. The molecule has 0 amide bonds. The van der Waals surface area contributed by atoms with Crippen molar-refractivity contribution in [2.45, 2.75) is 46.5 Å². The van der Waals surface area contributed by atoms with Crippen LogP contribution in [-0.2, 0) is 9.53 Å². The Labute approximate surface area is 140 Å². The molecule has 0 radical (unpaired) electrons. The van der Waals surface area contributed by atoms with Crippen LogP contribution in [0.5, 0.6) is 5.75 Å². The van der Waals surface area contributed by atoms with Gasteiger partial charge in [0.1, 0.15) is 0 Å². The predicted octanol–water partition coefficient (Wildman–Crippen LogP) is 3.50. The van der Waals surface area contributed by atoms with Gasteiger partial charge in [0, 0.05) is 26.7 Å². The number of halogens is 1. The lowest BCUT2D eigenvalue weighted by Gasteiger charge is -2.16. The van der Waals surface area contributed by atoms with E-state index in [1.54, 1.807) is 12.1 Å². The highest BCUT2D eigenvalue weighted by Gasteiger charge is 2.22. The molecule has 0 bridgehead atoms. The smallest absolute Gasteiger partial charge is 0.339 e. The van der Waals surface area contributed by atoms with Crippen molar-refractivity contribution in [1.29, 1.82) is 0 Å². The Morgan fingerprint density at radius 2 is 1.86 bits per heavy atom. The van der Waals surface area contributed by atoms with Crippen molar-refractivity contribution in [2.75, 3.05) is 13.2 Å². The number of hydrogen-bond donors (Lipinski definition) is 1. The minimum absolute atomic E-state index is 0.151. The molecule has 1 aromatic rings. The Hall–Kier alpha value is -1.30. The first-order valence-electron chi connectivity index (χ1n) is 7.52. The molecule has 1 aromatic heterocycles. The second kappa shape index (κ2) is 8.98. The van der Waals surface area contributed by atoms with Gasteiger partial charge in [0.15, 0.2) is 0 Å². The number of unbranched alkanes of at least 4 members (excludes halogenated alkanes) is 3. The molecule has 0 atom stereocenters. The maximum atomic E-state index is 11.5. The van der Waals surface area contributed by atoms with Crippen LogP contribution in [0.1, 0.15) is 46.5 Å². The third kappa shape index (κ3) is 6.64. The first-order valence-corrected chi connectivity index (χ1v) is 8.31. The molecule has 1 rings (SSSR count). The zero-order valence-corrected chi connectivity index (χ0v) is 15.1. The van der Waals surface area contributed by atoms with E-state index >= 15 is 0 Å². The van der Waals surface area contributed by atoms with Crippen LogP contribution in [0.4, 0.5) is 0 Å². The van der Waals surface area contributed by atoms with Crippen molar-refractivity contribution >= 4 is 21.9 Å². The maximum absolute atomic E-state index is 11.5. The summed E-state index contributed by atoms with van der Waals surface area (Å²) in [7, 11) is 0. The molecule has 1 heterocycles. The lowest BCUT2D eigenvalue weighted by atomic mass is 9.97. The molecule has 0 saturated carbocycles. The van der Waals surface area contributed by atoms with Crippen LogP contribution < -0.4 is 9.47 Å². The standard InChI is InChI=1S/C16H25BrNO4/c1-16(2,3)15(19)22-12-7-5-4-6-11-21-13-9-8-10-18(20)14(13)17/h8-10,20H,4-7,11-12H2,1-3H3/q+1. The van der Waals surface area contributed by atoms with E-state index in [0.717, 1.165) is 30.4 Å². The van der Waals surface area contributed by atoms with Crippen molar-refractivity contribution in [3.05, 3.63) is 22.9 Å². The number of carbonyl (C=O) groups excluding carboxylic acids is 1. The largest absolute Gasteiger partial charge is 0.486 e. The number of carbonyl (C=O) groups is 1. The SMILES string of the molecule is CC(C)(C)C(=O)OCCCCCCOc1ccc[n+](O)c1Br. The molecule has 0 aliphatic rings. The van der Waals surface area contributed by atoms with E-state index in [1.807, 2.05) is 20.8 Å². The Kier molecular flexibility index (Phi) is 7.65. The van der Waals surface area contributed by atoms with Crippen LogP contribution in [0.3, 0.4) is 0 Å². The average molecular weight is 375 g/mol. The highest BCUT2D eigenvalue weighted by atomic mass is 79.9. The van der Waals surface area contributed by atoms with Crippen LogP contribution in [0, 0.1) is 5.41 Å². The summed E-state index contributed by atoms with van der Waals surface area (Å²) >= 11 is 3.25. The van der Waals surface area contributed by atoms with E-state index in [0.29, 0.717) is 23.6 Å². The van der Waals surface area contributed by atoms with Crippen LogP contribution in [0.2, 0.25) is 0 Å². The number of aromatic nitrogens is 1. The summed E-state index contributed by atoms with van der Waals surface area (Å²) in [6.45, 7) is 6.62. The maximum Gasteiger partial charge on any atom is 0.339 e. The third-order valence-corrected chi connectivity index (χ3v) is 3.78. The minimum atomic E-state index is -0.430. The fourth-order valence-electron chi connectivity index (χ4n) is 1.69. The van der Waals surface area contributed by atoms with Gasteiger partial charge in [-0.05, 0) is 52.5 Å². The van der Waals surface area contributed by atoms with E-state index in [1.165, 1.54) is 6.20 Å². The van der Waals surface area contributed by atoms with Crippen LogP contribution in [-0.4, -0.2) is 24.4 Å². The summed E-state index contributed by atoms with van der Waals surface area (Å²) in [4.78, 5) is 11.5. The van der Waals surface area contributed by atoms with Gasteiger partial charge in [-0.25, -0.2) is 0 Å². The molecule has 22 heavy (non-hydrogen) atoms. The molecule has 0 unspecified atom stereocenters. The molecule has 0 saturated heterocycles. The molecule has 5 nitrogen and oxygen atoms in total. The Morgan fingerprint density at radius 1 is 1.23 bits per heavy atom. The number of hydrogen-bond acceptors (Lipinski definition) is 4. The predicted molar refractivity (Wildman–Crippen MR) is 85.9 cm³/mol. The molecule has 0 spiro atoms. The van der Waals surface area contributed by atoms with Gasteiger partial charge in [0.2, 0.25) is 11.9 Å². The summed E-state index contributed by atoms with van der Waals surface area (Å²) in [5.74, 6) is 0.464. The highest BCUT2D eigenvalue weighted by Crippen LogP contribution is 2.20. The van der Waals surface area contributed by atoms with Gasteiger partial charge in [-0.2, -0.15) is 0 Å². The second-order valence-corrected chi connectivity index (χ2v) is 6.91. The van der Waals surface area contributed by atoms with Gasteiger partial charge in [-0.15, -0.1) is 0 Å². The van der Waals surface area contributed by atoms with E-state index in [-0.39, 0.29) is 5.97 Å². The van der Waals surface area contributed by atoms with E-state index < -0.39 is 5.41 Å². The molecule has 6 heteroatoms. The van der Waals surface area contributed by atoms with Crippen molar-refractivity contribution in [2.24, 2.45) is 5.41 Å². The number of esters is 1. The lowest BCUT2D eigenvalue weighted by molar-refractivity contribution is -0.913. The molecule has 0 aliphatic heterocycles. The van der Waals surface area contributed by atoms with Crippen molar-refractivity contribution in [1.82, 2.24) is 0 Å². The minimum Gasteiger partial charge on any atom is -0.486 e. The quantitative estimate of drug-likeness (QED) is 0.248. The van der Waals surface area contributed by atoms with Gasteiger partial charge in [0.25, 0.3) is 0 Å². The fourth-order valence-corrected chi connectivity index (χ4v) is 2.05. The molecular weight excluding hydrogens is 350 g/mol. The number of nitrogens with zero attached hydrogens (tertiary/aromatic N) is 1. The Balaban J connectivity index is 2.07. The Bertz CT molecular complexity index is 486. The average Bonchev–Trinajstić information content (AvgIpc) is 2.44. The Morgan fingerprint density at radius 3 is 2.50 bits per heavy atom. The van der Waals surface area contributed by atoms with Crippen LogP contribution in [0.15, 0.2) is 22.9 Å². The summed E-state index contributed by atoms with van der Waals surface area (Å²) in [6.07, 6.45) is 5.32. The van der Waals surface area contributed by atoms with Crippen molar-refractivity contribution < 1.29 is 24.2 Å². The molecule has 0 aromatic carbocycles. The molecule has 0 fully saturated rings. The van der Waals surface area contributed by atoms with Gasteiger partial charge in [-0.3, -0.25) is 10.0 Å². The normalized spacial score (nSPS) is 11.3. The monoisotopic (exact) mass is 374 g/mol. The second-order valence-electron chi connectivity index (χ2n) is 6.16. The highest BCUT2D eigenvalue weighted by molar-refractivity contribution is 9.10. The third-order valence-electron chi connectivity index (χ3n) is 3.02. The summed E-state index contributed by atoms with van der Waals surface area (Å²) < 4.78 is 12.3. The van der Waals surface area contributed by atoms with Gasteiger partial charge in [0.05, 0.1) is 18.6 Å². The number of ether oxygens (including phenoxy) is 2. The van der Waals surface area contributed by atoms with Crippen molar-refractivity contribution in [3.8, 4) is 5.75 Å². The first kappa shape index (κ1) is 18.7. The molecule has 124 valence electrons. The topological polar surface area (TPSA) is 59.6 Å². The van der Waals surface area contributed by atoms with Crippen LogP contribution in [0.25, 0.3) is 0 Å². The first-order chi connectivity index (χ1) is 10.3. The summed E-state index contributed by atoms with van der Waals surface area (Å²) in [6, 6.07) is 3.51. The van der Waals surface area contributed by atoms with Gasteiger partial charge < -0.3 is 9.47 Å². The van der Waals surface area contributed by atoms with Crippen molar-refractivity contribution in [3.63, 3.8) is 0 Å². The molecular formula is C16H25BrNO4+.